The van der Waals surface area contributed by atoms with Crippen LogP contribution in [0.25, 0.3) is 0 Å². The van der Waals surface area contributed by atoms with E-state index < -0.39 is 18.0 Å². The van der Waals surface area contributed by atoms with Crippen LogP contribution in [0.15, 0.2) is 48.6 Å². The van der Waals surface area contributed by atoms with Crippen LogP contribution in [0.3, 0.4) is 0 Å². The van der Waals surface area contributed by atoms with E-state index in [1.165, 1.54) is 12.8 Å². The SMILES string of the molecule is CCCCCC(O)/C=C/C=C/C/C=C/C/C=C/CCCC(=O)O.NCCCCC(N)C(=O)O. The van der Waals surface area contributed by atoms with Crippen molar-refractivity contribution in [2.75, 3.05) is 6.54 Å². The van der Waals surface area contributed by atoms with Crippen LogP contribution in [0.1, 0.15) is 84.0 Å². The van der Waals surface area contributed by atoms with Crippen LogP contribution in [0.5, 0.6) is 0 Å². The lowest BCUT2D eigenvalue weighted by atomic mass is 10.1. The first-order valence-corrected chi connectivity index (χ1v) is 12.1. The molecule has 0 aromatic rings. The van der Waals surface area contributed by atoms with Crippen LogP contribution in [-0.2, 0) is 9.59 Å². The minimum atomic E-state index is -0.933. The number of carboxylic acid groups (broad SMARTS) is 2. The molecule has 0 aromatic carbocycles. The molecule has 0 bridgehead atoms. The molecule has 33 heavy (non-hydrogen) atoms. The monoisotopic (exact) mass is 466 g/mol. The topological polar surface area (TPSA) is 147 Å². The van der Waals surface area contributed by atoms with Gasteiger partial charge in [-0.05, 0) is 51.5 Å². The summed E-state index contributed by atoms with van der Waals surface area (Å²) in [4.78, 5) is 20.5. The van der Waals surface area contributed by atoms with E-state index in [4.69, 9.17) is 21.7 Å². The van der Waals surface area contributed by atoms with Crippen molar-refractivity contribution in [1.82, 2.24) is 0 Å². The third-order valence-corrected chi connectivity index (χ3v) is 4.61. The Morgan fingerprint density at radius 1 is 0.848 bits per heavy atom. The molecule has 7 nitrogen and oxygen atoms in total. The molecule has 0 rings (SSSR count). The lowest BCUT2D eigenvalue weighted by Gasteiger charge is -2.03. The number of nitrogens with two attached hydrogens (primary N) is 2. The number of unbranched alkanes of at least 4 members (excludes halogenated alkanes) is 4. The van der Waals surface area contributed by atoms with Crippen molar-refractivity contribution >= 4 is 11.9 Å². The van der Waals surface area contributed by atoms with Crippen LogP contribution < -0.4 is 11.5 Å². The van der Waals surface area contributed by atoms with Gasteiger partial charge in [-0.25, -0.2) is 0 Å². The molecule has 0 aliphatic rings. The van der Waals surface area contributed by atoms with E-state index in [-0.39, 0.29) is 12.5 Å². The molecule has 0 heterocycles. The van der Waals surface area contributed by atoms with Crippen molar-refractivity contribution in [3.63, 3.8) is 0 Å². The third-order valence-electron chi connectivity index (χ3n) is 4.61. The van der Waals surface area contributed by atoms with Gasteiger partial charge in [0.2, 0.25) is 0 Å². The summed E-state index contributed by atoms with van der Waals surface area (Å²) >= 11 is 0. The molecule has 2 unspecified atom stereocenters. The van der Waals surface area contributed by atoms with Gasteiger partial charge in [-0.1, -0.05) is 81.2 Å². The van der Waals surface area contributed by atoms with Gasteiger partial charge in [0.25, 0.3) is 0 Å². The molecule has 0 fully saturated rings. The number of hydrogen-bond acceptors (Lipinski definition) is 5. The molecule has 0 aliphatic carbocycles. The highest BCUT2D eigenvalue weighted by Gasteiger charge is 2.09. The first-order valence-electron chi connectivity index (χ1n) is 12.1. The highest BCUT2D eigenvalue weighted by Crippen LogP contribution is 2.04. The van der Waals surface area contributed by atoms with E-state index in [2.05, 4.69) is 31.2 Å². The molecule has 0 aliphatic heterocycles. The molecule has 7 heteroatoms. The van der Waals surface area contributed by atoms with E-state index in [9.17, 15) is 14.7 Å². The second kappa shape index (κ2) is 26.0. The summed E-state index contributed by atoms with van der Waals surface area (Å²) in [7, 11) is 0. The summed E-state index contributed by atoms with van der Waals surface area (Å²) in [6.07, 6.45) is 25.7. The van der Waals surface area contributed by atoms with Crippen LogP contribution >= 0.6 is 0 Å². The number of aliphatic carboxylic acids is 2. The minimum Gasteiger partial charge on any atom is -0.481 e. The lowest BCUT2D eigenvalue weighted by molar-refractivity contribution is -0.139. The summed E-state index contributed by atoms with van der Waals surface area (Å²) in [6, 6.07) is -0.716. The lowest BCUT2D eigenvalue weighted by Crippen LogP contribution is -2.29. The zero-order valence-corrected chi connectivity index (χ0v) is 20.3. The van der Waals surface area contributed by atoms with E-state index in [1.807, 2.05) is 24.3 Å². The maximum absolute atomic E-state index is 10.3. The first kappa shape index (κ1) is 33.0. The fourth-order valence-corrected chi connectivity index (χ4v) is 2.62. The average Bonchev–Trinajstić information content (AvgIpc) is 2.77. The largest absolute Gasteiger partial charge is 0.481 e. The Kier molecular flexibility index (Phi) is 26.0. The summed E-state index contributed by atoms with van der Waals surface area (Å²) in [5, 5.41) is 26.5. The average molecular weight is 467 g/mol. The second-order valence-electron chi connectivity index (χ2n) is 7.81. The Morgan fingerprint density at radius 2 is 1.48 bits per heavy atom. The molecule has 2 atom stereocenters. The number of aliphatic hydroxyl groups is 1. The molecular weight excluding hydrogens is 420 g/mol. The number of carboxylic acids is 2. The van der Waals surface area contributed by atoms with Gasteiger partial charge in [0.15, 0.2) is 0 Å². The van der Waals surface area contributed by atoms with Crippen molar-refractivity contribution in [2.45, 2.75) is 96.1 Å². The predicted octanol–water partition coefficient (Wildman–Crippen LogP) is 4.71. The van der Waals surface area contributed by atoms with Gasteiger partial charge in [-0.2, -0.15) is 0 Å². The standard InChI is InChI=1S/C20H32O3.C6H14N2O2/c1-2-3-13-16-19(21)17-14-11-9-7-5-4-6-8-10-12-15-18-20(22)23;7-4-2-1-3-5(8)6(9)10/h4-5,8-11,14,17,19,21H,2-3,6-7,12-13,15-16,18H2,1H3,(H,22,23);5H,1-4,7-8H2,(H,9,10)/b5-4+,10-8+,11-9+,17-14+;. The van der Waals surface area contributed by atoms with Gasteiger partial charge in [-0.15, -0.1) is 0 Å². The first-order chi connectivity index (χ1) is 15.8. The number of hydrogen-bond donors (Lipinski definition) is 5. The Balaban J connectivity index is 0. The van der Waals surface area contributed by atoms with Crippen molar-refractivity contribution in [1.29, 1.82) is 0 Å². The summed E-state index contributed by atoms with van der Waals surface area (Å²) in [5.41, 5.74) is 10.4. The Hall–Kier alpha value is -2.22. The Bertz CT molecular complexity index is 585. The zero-order chi connectivity index (χ0) is 25.2. The second-order valence-corrected chi connectivity index (χ2v) is 7.81. The van der Waals surface area contributed by atoms with Crippen molar-refractivity contribution < 1.29 is 24.9 Å². The molecule has 0 radical (unpaired) electrons. The predicted molar refractivity (Wildman–Crippen MR) is 136 cm³/mol. The van der Waals surface area contributed by atoms with Crippen molar-refractivity contribution in [3.8, 4) is 0 Å². The minimum absolute atomic E-state index is 0.242. The maximum Gasteiger partial charge on any atom is 0.320 e. The molecule has 0 aromatic heterocycles. The normalized spacial score (nSPS) is 13.6. The third kappa shape index (κ3) is 29.8. The number of aliphatic hydroxyl groups excluding tert-OH is 1. The number of rotatable bonds is 19. The van der Waals surface area contributed by atoms with E-state index in [0.29, 0.717) is 19.4 Å². The van der Waals surface area contributed by atoms with E-state index in [1.54, 1.807) is 0 Å². The highest BCUT2D eigenvalue weighted by molar-refractivity contribution is 5.72. The summed E-state index contributed by atoms with van der Waals surface area (Å²) in [6.45, 7) is 2.76. The number of allylic oxidation sites excluding steroid dienone is 7. The molecule has 0 amide bonds. The maximum atomic E-state index is 10.3. The quantitative estimate of drug-likeness (QED) is 0.105. The highest BCUT2D eigenvalue weighted by atomic mass is 16.4. The van der Waals surface area contributed by atoms with Gasteiger partial charge < -0.3 is 26.8 Å². The number of carbonyl (C=O) groups is 2. The molecule has 190 valence electrons. The summed E-state index contributed by atoms with van der Waals surface area (Å²) < 4.78 is 0. The van der Waals surface area contributed by atoms with Gasteiger partial charge >= 0.3 is 11.9 Å². The van der Waals surface area contributed by atoms with Gasteiger partial charge in [0.05, 0.1) is 6.10 Å². The van der Waals surface area contributed by atoms with Crippen LogP contribution in [0.2, 0.25) is 0 Å². The summed E-state index contributed by atoms with van der Waals surface area (Å²) in [5.74, 6) is -1.66. The molecular formula is C26H46N2O5. The molecule has 0 saturated carbocycles. The Labute approximate surface area is 199 Å². The van der Waals surface area contributed by atoms with Gasteiger partial charge in [-0.3, -0.25) is 9.59 Å². The Morgan fingerprint density at radius 3 is 2.09 bits per heavy atom. The van der Waals surface area contributed by atoms with E-state index in [0.717, 1.165) is 44.9 Å². The fraction of sp³-hybridized carbons (Fsp3) is 0.615. The smallest absolute Gasteiger partial charge is 0.320 e. The van der Waals surface area contributed by atoms with E-state index >= 15 is 0 Å². The molecule has 7 N–H and O–H groups in total. The van der Waals surface area contributed by atoms with Gasteiger partial charge in [0, 0.05) is 6.42 Å². The van der Waals surface area contributed by atoms with Crippen molar-refractivity contribution in [2.24, 2.45) is 11.5 Å². The zero-order valence-electron chi connectivity index (χ0n) is 20.3. The van der Waals surface area contributed by atoms with Crippen molar-refractivity contribution in [3.05, 3.63) is 48.6 Å². The molecule has 0 saturated heterocycles. The van der Waals surface area contributed by atoms with Crippen LogP contribution in [0, 0.1) is 0 Å². The molecule has 0 spiro atoms. The fourth-order valence-electron chi connectivity index (χ4n) is 2.62. The van der Waals surface area contributed by atoms with Gasteiger partial charge in [0.1, 0.15) is 6.04 Å². The van der Waals surface area contributed by atoms with Crippen LogP contribution in [-0.4, -0.2) is 45.9 Å². The van der Waals surface area contributed by atoms with Crippen LogP contribution in [0.4, 0.5) is 0 Å².